The Morgan fingerprint density at radius 3 is 2.36 bits per heavy atom. The molecule has 2 saturated heterocycles. The predicted octanol–water partition coefficient (Wildman–Crippen LogP) is 0.892. The van der Waals surface area contributed by atoms with E-state index in [0.717, 1.165) is 10.5 Å². The van der Waals surface area contributed by atoms with E-state index in [2.05, 4.69) is 5.32 Å². The van der Waals surface area contributed by atoms with Crippen molar-refractivity contribution >= 4 is 17.8 Å². The number of carbonyl (C=O) groups excluding carboxylic acids is 3. The maximum atomic E-state index is 12.7. The van der Waals surface area contributed by atoms with E-state index in [1.807, 2.05) is 19.1 Å². The molecule has 0 aliphatic carbocycles. The fraction of sp³-hybridized carbons (Fsp3) is 0.500. The van der Waals surface area contributed by atoms with E-state index < -0.39 is 29.4 Å². The lowest BCUT2D eigenvalue weighted by Gasteiger charge is -2.30. The minimum Gasteiger partial charge on any atom is -0.497 e. The molecule has 2 fully saturated rings. The van der Waals surface area contributed by atoms with Crippen LogP contribution in [0.25, 0.3) is 0 Å². The van der Waals surface area contributed by atoms with E-state index in [1.165, 1.54) is 14.2 Å². The van der Waals surface area contributed by atoms with Crippen molar-refractivity contribution in [3.05, 3.63) is 29.8 Å². The van der Waals surface area contributed by atoms with Crippen LogP contribution in [0.15, 0.2) is 24.3 Å². The molecule has 3 rings (SSSR count). The summed E-state index contributed by atoms with van der Waals surface area (Å²) in [6.07, 6.45) is 0.348. The van der Waals surface area contributed by atoms with Crippen LogP contribution in [0.4, 0.5) is 0 Å². The molecule has 4 atom stereocenters. The van der Waals surface area contributed by atoms with Crippen LogP contribution < -0.4 is 10.1 Å². The molecule has 134 valence electrons. The Labute approximate surface area is 146 Å². The number of amides is 2. The first-order valence-corrected chi connectivity index (χ1v) is 8.22. The van der Waals surface area contributed by atoms with Crippen molar-refractivity contribution in [1.82, 2.24) is 10.2 Å². The molecule has 2 aliphatic rings. The summed E-state index contributed by atoms with van der Waals surface area (Å²) in [6, 6.07) is 6.82. The highest BCUT2D eigenvalue weighted by Crippen LogP contribution is 2.50. The van der Waals surface area contributed by atoms with Gasteiger partial charge in [0.15, 0.2) is 0 Å². The molecule has 1 N–H and O–H groups in total. The van der Waals surface area contributed by atoms with Gasteiger partial charge in [-0.05, 0) is 24.1 Å². The smallest absolute Gasteiger partial charge is 0.326 e. The lowest BCUT2D eigenvalue weighted by Crippen LogP contribution is -2.55. The van der Waals surface area contributed by atoms with E-state index in [4.69, 9.17) is 9.47 Å². The second kappa shape index (κ2) is 6.15. The highest BCUT2D eigenvalue weighted by molar-refractivity contribution is 6.09. The molecule has 1 aromatic carbocycles. The third-order valence-corrected chi connectivity index (χ3v) is 5.46. The van der Waals surface area contributed by atoms with Crippen molar-refractivity contribution in [2.24, 2.45) is 11.8 Å². The van der Waals surface area contributed by atoms with Gasteiger partial charge in [-0.15, -0.1) is 0 Å². The summed E-state index contributed by atoms with van der Waals surface area (Å²) >= 11 is 0. The average molecular weight is 346 g/mol. The quantitative estimate of drug-likeness (QED) is 0.644. The number of carbonyl (C=O) groups is 3. The molecule has 7 heteroatoms. The zero-order valence-corrected chi connectivity index (χ0v) is 14.7. The highest BCUT2D eigenvalue weighted by atomic mass is 16.5. The molecule has 2 aliphatic heterocycles. The normalized spacial score (nSPS) is 31.2. The van der Waals surface area contributed by atoms with Crippen LogP contribution in [-0.2, 0) is 19.1 Å². The van der Waals surface area contributed by atoms with Crippen molar-refractivity contribution in [3.8, 4) is 5.75 Å². The number of ether oxygens (including phenoxy) is 2. The number of esters is 1. The number of rotatable bonds is 4. The number of fused-ring (bicyclic) bond motifs is 1. The van der Waals surface area contributed by atoms with E-state index in [9.17, 15) is 14.4 Å². The van der Waals surface area contributed by atoms with Gasteiger partial charge in [0.05, 0.1) is 26.1 Å². The Balaban J connectivity index is 2.09. The molecule has 25 heavy (non-hydrogen) atoms. The standard InChI is InChI=1S/C18H22N2O5/c1-5-18(17(23)25-4)13-12(15(21)20(2)16(13)22)14(19-18)10-6-8-11(24-3)9-7-10/h6-9,12-14,19H,5H2,1-4H3/t12-,13-,14+,18-/m0/s1. The summed E-state index contributed by atoms with van der Waals surface area (Å²) in [6.45, 7) is 1.81. The maximum absolute atomic E-state index is 12.7. The van der Waals surface area contributed by atoms with Gasteiger partial charge in [0.25, 0.3) is 0 Å². The van der Waals surface area contributed by atoms with E-state index >= 15 is 0 Å². The summed E-state index contributed by atoms with van der Waals surface area (Å²) in [7, 11) is 4.33. The van der Waals surface area contributed by atoms with Crippen molar-refractivity contribution in [2.75, 3.05) is 21.3 Å². The number of benzene rings is 1. The van der Waals surface area contributed by atoms with Crippen molar-refractivity contribution in [1.29, 1.82) is 0 Å². The number of imide groups is 1. The number of likely N-dealkylation sites (tertiary alicyclic amines) is 1. The van der Waals surface area contributed by atoms with Gasteiger partial charge in [0.1, 0.15) is 11.3 Å². The van der Waals surface area contributed by atoms with Crippen LogP contribution in [0.2, 0.25) is 0 Å². The molecule has 0 aromatic heterocycles. The first kappa shape index (κ1) is 17.4. The van der Waals surface area contributed by atoms with Crippen LogP contribution in [0, 0.1) is 11.8 Å². The second-order valence-corrected chi connectivity index (χ2v) is 6.45. The Morgan fingerprint density at radius 1 is 1.20 bits per heavy atom. The molecule has 7 nitrogen and oxygen atoms in total. The first-order chi connectivity index (χ1) is 11.9. The number of hydrogen-bond acceptors (Lipinski definition) is 6. The maximum Gasteiger partial charge on any atom is 0.326 e. The second-order valence-electron chi connectivity index (χ2n) is 6.45. The van der Waals surface area contributed by atoms with Gasteiger partial charge in [0.2, 0.25) is 11.8 Å². The molecule has 0 saturated carbocycles. The molecule has 0 spiro atoms. The topological polar surface area (TPSA) is 84.9 Å². The van der Waals surface area contributed by atoms with Crippen molar-refractivity contribution in [2.45, 2.75) is 24.9 Å². The Morgan fingerprint density at radius 2 is 1.84 bits per heavy atom. The SMILES string of the molecule is CC[C@]1(C(=O)OC)N[C@H](c2ccc(OC)cc2)[C@H]2C(=O)N(C)C(=O)[C@H]21. The lowest BCUT2D eigenvalue weighted by molar-refractivity contribution is -0.154. The molecule has 0 radical (unpaired) electrons. The van der Waals surface area contributed by atoms with Gasteiger partial charge in [-0.2, -0.15) is 0 Å². The van der Waals surface area contributed by atoms with Crippen LogP contribution in [0.3, 0.4) is 0 Å². The Kier molecular flexibility index (Phi) is 4.28. The van der Waals surface area contributed by atoms with E-state index in [1.54, 1.807) is 19.2 Å². The first-order valence-electron chi connectivity index (χ1n) is 8.22. The minimum absolute atomic E-state index is 0.275. The van der Waals surface area contributed by atoms with Crippen molar-refractivity contribution in [3.63, 3.8) is 0 Å². The molecule has 0 unspecified atom stereocenters. The minimum atomic E-state index is -1.21. The van der Waals surface area contributed by atoms with Crippen molar-refractivity contribution < 1.29 is 23.9 Å². The van der Waals surface area contributed by atoms with Crippen LogP contribution in [0.5, 0.6) is 5.75 Å². The molecule has 1 aromatic rings. The molecule has 2 amide bonds. The largest absolute Gasteiger partial charge is 0.497 e. The average Bonchev–Trinajstić information content (AvgIpc) is 3.11. The third-order valence-electron chi connectivity index (χ3n) is 5.46. The molecule has 0 bridgehead atoms. The van der Waals surface area contributed by atoms with Crippen LogP contribution in [-0.4, -0.2) is 49.5 Å². The predicted molar refractivity (Wildman–Crippen MR) is 88.7 cm³/mol. The zero-order chi connectivity index (χ0) is 18.4. The zero-order valence-electron chi connectivity index (χ0n) is 14.7. The number of nitrogens with one attached hydrogen (secondary N) is 1. The van der Waals surface area contributed by atoms with Crippen LogP contribution in [0.1, 0.15) is 24.9 Å². The van der Waals surface area contributed by atoms with E-state index in [-0.39, 0.29) is 11.8 Å². The number of hydrogen-bond donors (Lipinski definition) is 1. The van der Waals surface area contributed by atoms with Gasteiger partial charge in [0, 0.05) is 13.1 Å². The summed E-state index contributed by atoms with van der Waals surface area (Å²) in [5.41, 5.74) is -0.381. The van der Waals surface area contributed by atoms with Crippen LogP contribution >= 0.6 is 0 Å². The third kappa shape index (κ3) is 2.33. The molecular formula is C18H22N2O5. The fourth-order valence-corrected chi connectivity index (χ4v) is 4.08. The number of methoxy groups -OCH3 is 2. The number of nitrogens with zero attached hydrogens (tertiary/aromatic N) is 1. The monoisotopic (exact) mass is 346 g/mol. The Bertz CT molecular complexity index is 717. The summed E-state index contributed by atoms with van der Waals surface area (Å²) in [4.78, 5) is 39.1. The summed E-state index contributed by atoms with van der Waals surface area (Å²) in [5.74, 6) is -1.84. The summed E-state index contributed by atoms with van der Waals surface area (Å²) < 4.78 is 10.1. The Hall–Kier alpha value is -2.41. The van der Waals surface area contributed by atoms with Gasteiger partial charge in [-0.3, -0.25) is 24.6 Å². The highest BCUT2D eigenvalue weighted by Gasteiger charge is 2.67. The summed E-state index contributed by atoms with van der Waals surface area (Å²) in [5, 5.41) is 3.26. The fourth-order valence-electron chi connectivity index (χ4n) is 4.08. The van der Waals surface area contributed by atoms with Gasteiger partial charge < -0.3 is 9.47 Å². The molecular weight excluding hydrogens is 324 g/mol. The van der Waals surface area contributed by atoms with Gasteiger partial charge in [-0.1, -0.05) is 19.1 Å². The molecule has 2 heterocycles. The van der Waals surface area contributed by atoms with Gasteiger partial charge in [-0.25, -0.2) is 0 Å². The van der Waals surface area contributed by atoms with Gasteiger partial charge >= 0.3 is 5.97 Å². The van der Waals surface area contributed by atoms with E-state index in [0.29, 0.717) is 12.2 Å². The lowest BCUT2D eigenvalue weighted by atomic mass is 9.78.